The van der Waals surface area contributed by atoms with Gasteiger partial charge in [-0.15, -0.1) is 0 Å². The Morgan fingerprint density at radius 1 is 1.29 bits per heavy atom. The van der Waals surface area contributed by atoms with E-state index in [4.69, 9.17) is 35.1 Å². The molecule has 0 saturated carbocycles. The third-order valence-corrected chi connectivity index (χ3v) is 7.00. The SMILES string of the molecule is Nc1ccn(C2OC(COP(=O)(O)OC3(C(=O)O)CC(O)C(O)C(C(N)C(O)CO)O3)C(O)C2O)c(=O)n1. The number of aliphatic hydroxyl groups is 6. The summed E-state index contributed by atoms with van der Waals surface area (Å²) in [7, 11) is -5.44. The summed E-state index contributed by atoms with van der Waals surface area (Å²) in [6, 6.07) is -0.457. The number of rotatable bonds is 10. The molecular formula is C18H29N4O15P. The predicted molar refractivity (Wildman–Crippen MR) is 119 cm³/mol. The maximum Gasteiger partial charge on any atom is 0.475 e. The van der Waals surface area contributed by atoms with Crippen molar-refractivity contribution >= 4 is 19.6 Å². The summed E-state index contributed by atoms with van der Waals surface area (Å²) >= 11 is 0. The number of hydrogen-bond acceptors (Lipinski definition) is 16. The molecule has 2 aliphatic rings. The van der Waals surface area contributed by atoms with Gasteiger partial charge >= 0.3 is 19.5 Å². The van der Waals surface area contributed by atoms with Crippen LogP contribution in [0.3, 0.4) is 0 Å². The topological polar surface area (TPSA) is 320 Å². The number of aliphatic carboxylic acids is 1. The molecule has 0 aromatic carbocycles. The molecule has 2 fully saturated rings. The highest BCUT2D eigenvalue weighted by molar-refractivity contribution is 7.47. The summed E-state index contributed by atoms with van der Waals surface area (Å²) in [5.41, 5.74) is 10.1. The van der Waals surface area contributed by atoms with Gasteiger partial charge in [0.2, 0.25) is 0 Å². The number of carboxylic acid groups (broad SMARTS) is 1. The molecule has 0 spiro atoms. The van der Waals surface area contributed by atoms with Crippen LogP contribution in [0.4, 0.5) is 5.82 Å². The zero-order valence-electron chi connectivity index (χ0n) is 19.4. The smallest absolute Gasteiger partial charge is 0.475 e. The van der Waals surface area contributed by atoms with Crippen molar-refractivity contribution in [1.82, 2.24) is 9.55 Å². The first kappa shape index (κ1) is 30.4. The summed E-state index contributed by atoms with van der Waals surface area (Å²) in [5.74, 6) is -5.29. The highest BCUT2D eigenvalue weighted by atomic mass is 31.2. The van der Waals surface area contributed by atoms with Crippen molar-refractivity contribution in [2.45, 2.75) is 67.2 Å². The Kier molecular flexibility index (Phi) is 9.26. The number of phosphoric ester groups is 1. The molecule has 0 radical (unpaired) electrons. The Bertz CT molecular complexity index is 1110. The maximum atomic E-state index is 12.7. The Labute approximate surface area is 213 Å². The monoisotopic (exact) mass is 572 g/mol. The van der Waals surface area contributed by atoms with E-state index in [1.54, 1.807) is 0 Å². The Hall–Kier alpha value is -2.10. The number of hydrogen-bond donors (Lipinski definition) is 10. The fraction of sp³-hybridized carbons (Fsp3) is 0.722. The average molecular weight is 572 g/mol. The molecule has 216 valence electrons. The molecule has 3 heterocycles. The Morgan fingerprint density at radius 2 is 1.95 bits per heavy atom. The quantitative estimate of drug-likeness (QED) is 0.117. The van der Waals surface area contributed by atoms with E-state index in [-0.39, 0.29) is 5.82 Å². The highest BCUT2D eigenvalue weighted by Crippen LogP contribution is 2.51. The molecule has 0 amide bonds. The molecule has 2 saturated heterocycles. The van der Waals surface area contributed by atoms with Gasteiger partial charge in [0, 0.05) is 12.6 Å². The number of aromatic nitrogens is 2. The number of nitrogens with zero attached hydrogens (tertiary/aromatic N) is 2. The van der Waals surface area contributed by atoms with Gasteiger partial charge in [-0.2, -0.15) is 4.98 Å². The lowest BCUT2D eigenvalue weighted by atomic mass is 9.90. The van der Waals surface area contributed by atoms with Gasteiger partial charge in [0.15, 0.2) is 6.23 Å². The number of nitrogen functional groups attached to an aromatic ring is 1. The molecule has 12 N–H and O–H groups in total. The lowest BCUT2D eigenvalue weighted by Crippen LogP contribution is -2.65. The summed E-state index contributed by atoms with van der Waals surface area (Å²) in [5, 5.41) is 69.4. The lowest BCUT2D eigenvalue weighted by molar-refractivity contribution is -0.294. The maximum absolute atomic E-state index is 12.7. The second-order valence-corrected chi connectivity index (χ2v) is 10.1. The van der Waals surface area contributed by atoms with E-state index in [1.165, 1.54) is 6.07 Å². The van der Waals surface area contributed by atoms with Crippen LogP contribution in [0.2, 0.25) is 0 Å². The molecule has 1 aromatic heterocycles. The second-order valence-electron chi connectivity index (χ2n) is 8.67. The second kappa shape index (κ2) is 11.6. The first-order chi connectivity index (χ1) is 17.6. The van der Waals surface area contributed by atoms with Crippen LogP contribution in [0.25, 0.3) is 0 Å². The molecule has 11 atom stereocenters. The number of phosphoric acid groups is 1. The van der Waals surface area contributed by atoms with Gasteiger partial charge in [0.05, 0.1) is 31.5 Å². The minimum absolute atomic E-state index is 0.124. The number of anilines is 1. The normalized spacial score (nSPS) is 36.9. The van der Waals surface area contributed by atoms with Gasteiger partial charge in [0.25, 0.3) is 5.79 Å². The van der Waals surface area contributed by atoms with Crippen molar-refractivity contribution in [2.24, 2.45) is 5.73 Å². The molecule has 0 bridgehead atoms. The van der Waals surface area contributed by atoms with Crippen LogP contribution in [0.5, 0.6) is 0 Å². The Morgan fingerprint density at radius 3 is 2.53 bits per heavy atom. The van der Waals surface area contributed by atoms with Gasteiger partial charge in [-0.05, 0) is 6.07 Å². The molecule has 3 rings (SSSR count). The first-order valence-electron chi connectivity index (χ1n) is 11.0. The first-order valence-corrected chi connectivity index (χ1v) is 12.5. The highest BCUT2D eigenvalue weighted by Gasteiger charge is 2.58. The molecule has 1 aromatic rings. The number of ether oxygens (including phenoxy) is 2. The van der Waals surface area contributed by atoms with Crippen molar-refractivity contribution < 1.29 is 68.5 Å². The molecule has 2 aliphatic heterocycles. The summed E-state index contributed by atoms with van der Waals surface area (Å²) < 4.78 is 33.4. The molecule has 11 unspecified atom stereocenters. The van der Waals surface area contributed by atoms with E-state index in [9.17, 15) is 49.7 Å². The van der Waals surface area contributed by atoms with Gasteiger partial charge in [-0.25, -0.2) is 18.7 Å². The van der Waals surface area contributed by atoms with E-state index in [1.807, 2.05) is 0 Å². The third-order valence-electron chi connectivity index (χ3n) is 6.00. The largest absolute Gasteiger partial charge is 0.477 e. The van der Waals surface area contributed by atoms with Crippen LogP contribution in [0.1, 0.15) is 12.6 Å². The third kappa shape index (κ3) is 6.20. The van der Waals surface area contributed by atoms with Crippen molar-refractivity contribution in [2.75, 3.05) is 18.9 Å². The van der Waals surface area contributed by atoms with Crippen molar-refractivity contribution in [1.29, 1.82) is 0 Å². The zero-order chi connectivity index (χ0) is 28.6. The van der Waals surface area contributed by atoms with Crippen LogP contribution in [-0.2, 0) is 27.9 Å². The molecule has 38 heavy (non-hydrogen) atoms. The molecule has 20 heteroatoms. The fourth-order valence-corrected chi connectivity index (χ4v) is 4.89. The van der Waals surface area contributed by atoms with E-state index < -0.39 is 99.9 Å². The van der Waals surface area contributed by atoms with Gasteiger partial charge in [-0.3, -0.25) is 9.09 Å². The van der Waals surface area contributed by atoms with Gasteiger partial charge in [-0.1, -0.05) is 0 Å². The Balaban J connectivity index is 1.74. The average Bonchev–Trinajstić information content (AvgIpc) is 3.12. The standard InChI is InChI=1S/C18H29N4O15P/c19-9-1-2-22(17(31)21-9)15-13(28)12(27)8(35-15)5-34-38(32,33)37-18(16(29)30)3-6(24)11(26)14(36-18)10(20)7(25)4-23/h1-2,6-8,10-15,23-28H,3-5,20H2,(H,29,30)(H,32,33)(H2,19,21,31). The number of carboxylic acids is 1. The number of aliphatic hydroxyl groups excluding tert-OH is 6. The van der Waals surface area contributed by atoms with Crippen molar-refractivity contribution in [3.63, 3.8) is 0 Å². The molecule has 19 nitrogen and oxygen atoms in total. The number of nitrogens with two attached hydrogens (primary N) is 2. The van der Waals surface area contributed by atoms with Gasteiger partial charge in [0.1, 0.15) is 36.3 Å². The fourth-order valence-electron chi connectivity index (χ4n) is 3.93. The zero-order valence-corrected chi connectivity index (χ0v) is 20.3. The minimum Gasteiger partial charge on any atom is -0.477 e. The van der Waals surface area contributed by atoms with E-state index in [0.29, 0.717) is 0 Å². The van der Waals surface area contributed by atoms with Crippen molar-refractivity contribution in [3.05, 3.63) is 22.7 Å². The van der Waals surface area contributed by atoms with Crippen LogP contribution in [-0.4, -0.2) is 124 Å². The molecular weight excluding hydrogens is 543 g/mol. The van der Waals surface area contributed by atoms with Crippen LogP contribution in [0.15, 0.2) is 17.1 Å². The van der Waals surface area contributed by atoms with E-state index in [0.717, 1.165) is 10.8 Å². The predicted octanol–water partition coefficient (Wildman–Crippen LogP) is -5.45. The van der Waals surface area contributed by atoms with Crippen LogP contribution >= 0.6 is 7.82 Å². The summed E-state index contributed by atoms with van der Waals surface area (Å²) in [4.78, 5) is 37.7. The van der Waals surface area contributed by atoms with Gasteiger partial charge < -0.3 is 61.6 Å². The number of carbonyl (C=O) groups is 1. The lowest BCUT2D eigenvalue weighted by Gasteiger charge is -2.44. The van der Waals surface area contributed by atoms with Crippen LogP contribution in [0, 0.1) is 0 Å². The van der Waals surface area contributed by atoms with Crippen molar-refractivity contribution in [3.8, 4) is 0 Å². The minimum atomic E-state index is -5.44. The van der Waals surface area contributed by atoms with E-state index in [2.05, 4.69) is 4.98 Å². The summed E-state index contributed by atoms with van der Waals surface area (Å²) in [6.07, 6.45) is -13.9. The van der Waals surface area contributed by atoms with Crippen LogP contribution < -0.4 is 17.2 Å². The molecule has 0 aliphatic carbocycles. The van der Waals surface area contributed by atoms with E-state index >= 15 is 0 Å². The summed E-state index contributed by atoms with van der Waals surface area (Å²) in [6.45, 7) is -1.91.